The lowest BCUT2D eigenvalue weighted by Gasteiger charge is -2.31. The SMILES string of the molecule is COc1ccc(CN=C(N)N2CCC2)c(OC)n1. The molecule has 1 fully saturated rings. The molecule has 0 bridgehead atoms. The Labute approximate surface area is 106 Å². The van der Waals surface area contributed by atoms with E-state index in [2.05, 4.69) is 9.98 Å². The molecule has 2 rings (SSSR count). The smallest absolute Gasteiger partial charge is 0.221 e. The number of nitrogens with two attached hydrogens (primary N) is 1. The van der Waals surface area contributed by atoms with Crippen LogP contribution in [0, 0.1) is 0 Å². The highest BCUT2D eigenvalue weighted by Gasteiger charge is 2.15. The minimum atomic E-state index is 0.461. The Bertz CT molecular complexity index is 444. The largest absolute Gasteiger partial charge is 0.481 e. The second-order valence-corrected chi connectivity index (χ2v) is 4.04. The molecule has 18 heavy (non-hydrogen) atoms. The van der Waals surface area contributed by atoms with Gasteiger partial charge in [-0.05, 0) is 12.5 Å². The van der Waals surface area contributed by atoms with E-state index in [0.29, 0.717) is 24.3 Å². The van der Waals surface area contributed by atoms with E-state index in [1.54, 1.807) is 20.3 Å². The number of hydrogen-bond acceptors (Lipinski definition) is 4. The van der Waals surface area contributed by atoms with Crippen molar-refractivity contribution in [3.8, 4) is 11.8 Å². The molecule has 0 aliphatic carbocycles. The van der Waals surface area contributed by atoms with Gasteiger partial charge in [-0.2, -0.15) is 4.98 Å². The van der Waals surface area contributed by atoms with E-state index in [1.165, 1.54) is 6.42 Å². The molecule has 0 unspecified atom stereocenters. The zero-order valence-corrected chi connectivity index (χ0v) is 10.7. The van der Waals surface area contributed by atoms with E-state index in [9.17, 15) is 0 Å². The summed E-state index contributed by atoms with van der Waals surface area (Å²) in [5.41, 5.74) is 6.75. The summed E-state index contributed by atoms with van der Waals surface area (Å²) in [6, 6.07) is 3.67. The second-order valence-electron chi connectivity index (χ2n) is 4.04. The fraction of sp³-hybridized carbons (Fsp3) is 0.500. The van der Waals surface area contributed by atoms with Crippen LogP contribution < -0.4 is 15.2 Å². The fourth-order valence-corrected chi connectivity index (χ4v) is 1.67. The summed E-state index contributed by atoms with van der Waals surface area (Å²) in [6.07, 6.45) is 1.18. The van der Waals surface area contributed by atoms with E-state index in [4.69, 9.17) is 15.2 Å². The number of nitrogens with zero attached hydrogens (tertiary/aromatic N) is 3. The van der Waals surface area contributed by atoms with Crippen LogP contribution in [0.5, 0.6) is 11.8 Å². The van der Waals surface area contributed by atoms with E-state index < -0.39 is 0 Å². The lowest BCUT2D eigenvalue weighted by Crippen LogP contribution is -2.46. The van der Waals surface area contributed by atoms with Crippen LogP contribution in [0.4, 0.5) is 0 Å². The number of methoxy groups -OCH3 is 2. The third-order valence-corrected chi connectivity index (χ3v) is 2.91. The van der Waals surface area contributed by atoms with E-state index in [-0.39, 0.29) is 0 Å². The van der Waals surface area contributed by atoms with Gasteiger partial charge in [0.15, 0.2) is 5.96 Å². The molecule has 6 heteroatoms. The molecule has 1 aromatic heterocycles. The van der Waals surface area contributed by atoms with Crippen molar-refractivity contribution in [2.45, 2.75) is 13.0 Å². The molecule has 0 radical (unpaired) electrons. The average molecular weight is 250 g/mol. The summed E-state index contributed by atoms with van der Waals surface area (Å²) in [5, 5.41) is 0. The van der Waals surface area contributed by atoms with Gasteiger partial charge in [0.25, 0.3) is 0 Å². The number of aromatic nitrogens is 1. The van der Waals surface area contributed by atoms with Crippen molar-refractivity contribution in [3.05, 3.63) is 17.7 Å². The van der Waals surface area contributed by atoms with Gasteiger partial charge in [-0.15, -0.1) is 0 Å². The van der Waals surface area contributed by atoms with Crippen LogP contribution >= 0.6 is 0 Å². The van der Waals surface area contributed by atoms with Gasteiger partial charge in [0.1, 0.15) is 0 Å². The Balaban J connectivity index is 2.08. The number of rotatable bonds is 4. The summed E-state index contributed by atoms with van der Waals surface area (Å²) in [7, 11) is 3.15. The quantitative estimate of drug-likeness (QED) is 0.626. The number of likely N-dealkylation sites (tertiary alicyclic amines) is 1. The zero-order valence-electron chi connectivity index (χ0n) is 10.7. The number of aliphatic imine (C=N–C) groups is 1. The van der Waals surface area contributed by atoms with E-state index >= 15 is 0 Å². The van der Waals surface area contributed by atoms with Crippen LogP contribution in [0.1, 0.15) is 12.0 Å². The molecule has 0 atom stereocenters. The number of hydrogen-bond donors (Lipinski definition) is 1. The van der Waals surface area contributed by atoms with Crippen LogP contribution in [0.2, 0.25) is 0 Å². The van der Waals surface area contributed by atoms with Gasteiger partial charge in [0, 0.05) is 24.7 Å². The molecule has 0 amide bonds. The third-order valence-electron chi connectivity index (χ3n) is 2.91. The van der Waals surface area contributed by atoms with E-state index in [1.807, 2.05) is 11.0 Å². The molecule has 1 aliphatic rings. The summed E-state index contributed by atoms with van der Waals surface area (Å²) in [4.78, 5) is 10.6. The molecule has 0 saturated carbocycles. The molecule has 2 N–H and O–H groups in total. The molecule has 0 aromatic carbocycles. The highest BCUT2D eigenvalue weighted by molar-refractivity contribution is 5.78. The Morgan fingerprint density at radius 1 is 1.39 bits per heavy atom. The lowest BCUT2D eigenvalue weighted by molar-refractivity contribution is 0.295. The number of ether oxygens (including phenoxy) is 2. The minimum absolute atomic E-state index is 0.461. The Morgan fingerprint density at radius 2 is 2.17 bits per heavy atom. The maximum Gasteiger partial charge on any atom is 0.221 e. The van der Waals surface area contributed by atoms with Gasteiger partial charge < -0.3 is 20.1 Å². The standard InChI is InChI=1S/C12H18N4O2/c1-17-10-5-4-9(11(15-10)18-2)8-14-12(13)16-6-3-7-16/h4-5H,3,6-8H2,1-2H3,(H2,13,14). The normalized spacial score (nSPS) is 15.2. The summed E-state index contributed by atoms with van der Waals surface area (Å²) in [5.74, 6) is 1.63. The summed E-state index contributed by atoms with van der Waals surface area (Å²) >= 11 is 0. The molecule has 1 saturated heterocycles. The third kappa shape index (κ3) is 2.64. The van der Waals surface area contributed by atoms with Gasteiger partial charge in [-0.1, -0.05) is 0 Å². The van der Waals surface area contributed by atoms with Crippen LogP contribution in [-0.4, -0.2) is 43.2 Å². The predicted octanol–water partition coefficient (Wildman–Crippen LogP) is 0.619. The van der Waals surface area contributed by atoms with Crippen molar-refractivity contribution in [2.24, 2.45) is 10.7 Å². The molecular formula is C12H18N4O2. The molecule has 1 aliphatic heterocycles. The van der Waals surface area contributed by atoms with Crippen LogP contribution in [0.25, 0.3) is 0 Å². The fourth-order valence-electron chi connectivity index (χ4n) is 1.67. The Hall–Kier alpha value is -1.98. The molecule has 1 aromatic rings. The van der Waals surface area contributed by atoms with Crippen molar-refractivity contribution in [1.29, 1.82) is 0 Å². The van der Waals surface area contributed by atoms with Crippen molar-refractivity contribution in [2.75, 3.05) is 27.3 Å². The maximum absolute atomic E-state index is 5.86. The van der Waals surface area contributed by atoms with Gasteiger partial charge in [-0.25, -0.2) is 4.99 Å². The second kappa shape index (κ2) is 5.57. The van der Waals surface area contributed by atoms with Gasteiger partial charge in [0.05, 0.1) is 20.8 Å². The van der Waals surface area contributed by atoms with Crippen molar-refractivity contribution in [1.82, 2.24) is 9.88 Å². The summed E-state index contributed by atoms with van der Waals surface area (Å²) in [6.45, 7) is 2.45. The van der Waals surface area contributed by atoms with Crippen LogP contribution in [0.15, 0.2) is 17.1 Å². The zero-order chi connectivity index (χ0) is 13.0. The highest BCUT2D eigenvalue weighted by Crippen LogP contribution is 2.20. The van der Waals surface area contributed by atoms with Crippen LogP contribution in [0.3, 0.4) is 0 Å². The molecule has 0 spiro atoms. The number of pyridine rings is 1. The van der Waals surface area contributed by atoms with Crippen molar-refractivity contribution >= 4 is 5.96 Å². The number of guanidine groups is 1. The first-order chi connectivity index (χ1) is 8.74. The van der Waals surface area contributed by atoms with Gasteiger partial charge in [0.2, 0.25) is 11.8 Å². The monoisotopic (exact) mass is 250 g/mol. The molecule has 98 valence electrons. The van der Waals surface area contributed by atoms with Gasteiger partial charge in [-0.3, -0.25) is 0 Å². The van der Waals surface area contributed by atoms with E-state index in [0.717, 1.165) is 18.7 Å². The lowest BCUT2D eigenvalue weighted by atomic mass is 10.2. The maximum atomic E-state index is 5.86. The highest BCUT2D eigenvalue weighted by atomic mass is 16.5. The predicted molar refractivity (Wildman–Crippen MR) is 68.9 cm³/mol. The topological polar surface area (TPSA) is 73.0 Å². The Morgan fingerprint density at radius 3 is 2.72 bits per heavy atom. The first kappa shape index (κ1) is 12.5. The van der Waals surface area contributed by atoms with Crippen molar-refractivity contribution < 1.29 is 9.47 Å². The summed E-state index contributed by atoms with van der Waals surface area (Å²) < 4.78 is 10.2. The first-order valence-electron chi connectivity index (χ1n) is 5.87. The molecule has 6 nitrogen and oxygen atoms in total. The van der Waals surface area contributed by atoms with Crippen LogP contribution in [-0.2, 0) is 6.54 Å². The molecular weight excluding hydrogens is 232 g/mol. The first-order valence-corrected chi connectivity index (χ1v) is 5.87. The molecule has 2 heterocycles. The average Bonchev–Trinajstić information content (AvgIpc) is 2.34. The van der Waals surface area contributed by atoms with Crippen molar-refractivity contribution in [3.63, 3.8) is 0 Å². The minimum Gasteiger partial charge on any atom is -0.481 e. The van der Waals surface area contributed by atoms with Gasteiger partial charge >= 0.3 is 0 Å². The Kier molecular flexibility index (Phi) is 3.86.